The number of amidine groups is 1. The predicted octanol–water partition coefficient (Wildman–Crippen LogP) is 3.08. The third-order valence-electron chi connectivity index (χ3n) is 4.00. The van der Waals surface area contributed by atoms with E-state index < -0.39 is 0 Å². The first-order valence-electron chi connectivity index (χ1n) is 7.53. The molecule has 0 amide bonds. The second-order valence-corrected chi connectivity index (χ2v) is 5.40. The molecule has 2 aromatic carbocycles. The molecule has 0 radical (unpaired) electrons. The summed E-state index contributed by atoms with van der Waals surface area (Å²) in [6.07, 6.45) is 1.03. The van der Waals surface area contributed by atoms with Crippen LogP contribution in [-0.4, -0.2) is 28.6 Å². The molecule has 0 fully saturated rings. The zero-order valence-corrected chi connectivity index (χ0v) is 12.2. The number of aromatic nitrogens is 1. The van der Waals surface area contributed by atoms with E-state index in [0.29, 0.717) is 0 Å². The van der Waals surface area contributed by atoms with Crippen LogP contribution in [0.3, 0.4) is 0 Å². The van der Waals surface area contributed by atoms with Gasteiger partial charge in [-0.1, -0.05) is 36.4 Å². The minimum absolute atomic E-state index is 0.237. The van der Waals surface area contributed by atoms with Crippen LogP contribution in [0.2, 0.25) is 0 Å². The molecule has 22 heavy (non-hydrogen) atoms. The van der Waals surface area contributed by atoms with Crippen LogP contribution in [0.1, 0.15) is 12.0 Å². The van der Waals surface area contributed by atoms with Gasteiger partial charge in [-0.15, -0.1) is 0 Å². The van der Waals surface area contributed by atoms with Crippen LogP contribution in [0.5, 0.6) is 5.88 Å². The Labute approximate surface area is 128 Å². The van der Waals surface area contributed by atoms with Crippen molar-refractivity contribution in [3.63, 3.8) is 0 Å². The highest BCUT2D eigenvalue weighted by Gasteiger charge is 2.22. The molecule has 1 aliphatic heterocycles. The summed E-state index contributed by atoms with van der Waals surface area (Å²) in [5.74, 6) is 1.02. The van der Waals surface area contributed by atoms with Crippen LogP contribution < -0.4 is 5.32 Å². The van der Waals surface area contributed by atoms with Gasteiger partial charge in [-0.05, 0) is 24.6 Å². The molecule has 1 aromatic heterocycles. The molecule has 0 bridgehead atoms. The molecule has 0 atom stereocenters. The monoisotopic (exact) mass is 291 g/mol. The highest BCUT2D eigenvalue weighted by Crippen LogP contribution is 2.34. The Hall–Kier alpha value is -2.75. The maximum absolute atomic E-state index is 10.9. The highest BCUT2D eigenvalue weighted by molar-refractivity contribution is 6.12. The molecule has 0 aliphatic carbocycles. The van der Waals surface area contributed by atoms with E-state index in [1.165, 1.54) is 0 Å². The average molecular weight is 291 g/mol. The van der Waals surface area contributed by atoms with Gasteiger partial charge in [0.2, 0.25) is 5.88 Å². The van der Waals surface area contributed by atoms with Gasteiger partial charge in [0.05, 0.1) is 11.1 Å². The molecular formula is C18H17N3O. The van der Waals surface area contributed by atoms with Crippen molar-refractivity contribution >= 4 is 16.7 Å². The summed E-state index contributed by atoms with van der Waals surface area (Å²) in [6.45, 7) is 1.69. The van der Waals surface area contributed by atoms with Gasteiger partial charge in [-0.2, -0.15) is 0 Å². The number of fused-ring (bicyclic) bond motifs is 1. The van der Waals surface area contributed by atoms with Crippen LogP contribution in [-0.2, 0) is 0 Å². The molecule has 0 saturated heterocycles. The second-order valence-electron chi connectivity index (χ2n) is 5.40. The fraction of sp³-hybridized carbons (Fsp3) is 0.167. The molecule has 0 saturated carbocycles. The van der Waals surface area contributed by atoms with Gasteiger partial charge in [0.1, 0.15) is 5.84 Å². The van der Waals surface area contributed by atoms with Gasteiger partial charge in [0.15, 0.2) is 0 Å². The number of aromatic hydroxyl groups is 1. The molecule has 2 heterocycles. The Morgan fingerprint density at radius 1 is 1.00 bits per heavy atom. The lowest BCUT2D eigenvalue weighted by Crippen LogP contribution is -2.30. The van der Waals surface area contributed by atoms with Crippen molar-refractivity contribution in [3.05, 3.63) is 60.2 Å². The van der Waals surface area contributed by atoms with E-state index in [2.05, 4.69) is 10.3 Å². The number of benzene rings is 2. The zero-order valence-electron chi connectivity index (χ0n) is 12.2. The lowest BCUT2D eigenvalue weighted by molar-refractivity contribution is 0.443. The molecule has 4 nitrogen and oxygen atoms in total. The van der Waals surface area contributed by atoms with Crippen molar-refractivity contribution in [2.75, 3.05) is 13.1 Å². The normalized spacial score (nSPS) is 14.6. The van der Waals surface area contributed by atoms with E-state index in [0.717, 1.165) is 47.5 Å². The van der Waals surface area contributed by atoms with Crippen LogP contribution >= 0.6 is 0 Å². The van der Waals surface area contributed by atoms with E-state index in [4.69, 9.17) is 0 Å². The summed E-state index contributed by atoms with van der Waals surface area (Å²) in [4.78, 5) is 4.55. The number of aliphatic imine (C=N–C) groups is 1. The lowest BCUT2D eigenvalue weighted by Gasteiger charge is -2.14. The van der Waals surface area contributed by atoms with Crippen molar-refractivity contribution < 1.29 is 5.11 Å². The number of nitrogens with zero attached hydrogens (tertiary/aromatic N) is 2. The van der Waals surface area contributed by atoms with Crippen LogP contribution in [0.15, 0.2) is 59.6 Å². The quantitative estimate of drug-likeness (QED) is 0.762. The Morgan fingerprint density at radius 2 is 1.77 bits per heavy atom. The SMILES string of the molecule is Oc1c(C2=NCCCN2)c2ccccc2n1-c1ccccc1. The van der Waals surface area contributed by atoms with Gasteiger partial charge < -0.3 is 10.4 Å². The number of hydrogen-bond donors (Lipinski definition) is 2. The number of hydrogen-bond acceptors (Lipinski definition) is 3. The minimum atomic E-state index is 0.237. The van der Waals surface area contributed by atoms with Crippen molar-refractivity contribution in [1.82, 2.24) is 9.88 Å². The van der Waals surface area contributed by atoms with Crippen molar-refractivity contribution in [1.29, 1.82) is 0 Å². The van der Waals surface area contributed by atoms with E-state index >= 15 is 0 Å². The Morgan fingerprint density at radius 3 is 2.55 bits per heavy atom. The van der Waals surface area contributed by atoms with Crippen LogP contribution in [0.4, 0.5) is 0 Å². The molecule has 110 valence electrons. The van der Waals surface area contributed by atoms with Gasteiger partial charge in [0, 0.05) is 24.2 Å². The van der Waals surface area contributed by atoms with Gasteiger partial charge in [-0.25, -0.2) is 0 Å². The zero-order chi connectivity index (χ0) is 14.9. The Bertz CT molecular complexity index is 849. The standard InChI is InChI=1S/C18H17N3O/c22-18-16(17-19-11-6-12-20-17)14-9-4-5-10-15(14)21(18)13-7-2-1-3-8-13/h1-5,7-10,22H,6,11-12H2,(H,19,20). The highest BCUT2D eigenvalue weighted by atomic mass is 16.3. The molecule has 0 unspecified atom stereocenters. The van der Waals surface area contributed by atoms with E-state index in [9.17, 15) is 5.11 Å². The molecule has 3 aromatic rings. The number of para-hydroxylation sites is 2. The predicted molar refractivity (Wildman–Crippen MR) is 89.0 cm³/mol. The fourth-order valence-corrected chi connectivity index (χ4v) is 3.00. The summed E-state index contributed by atoms with van der Waals surface area (Å²) < 4.78 is 1.88. The fourth-order valence-electron chi connectivity index (χ4n) is 3.00. The average Bonchev–Trinajstić information content (AvgIpc) is 2.88. The summed E-state index contributed by atoms with van der Waals surface area (Å²) in [5.41, 5.74) is 2.72. The number of nitrogens with one attached hydrogen (secondary N) is 1. The first-order valence-corrected chi connectivity index (χ1v) is 7.53. The molecule has 4 heteroatoms. The van der Waals surface area contributed by atoms with E-state index in [1.54, 1.807) is 0 Å². The largest absolute Gasteiger partial charge is 0.494 e. The molecule has 4 rings (SSSR count). The topological polar surface area (TPSA) is 49.6 Å². The molecule has 0 spiro atoms. The maximum Gasteiger partial charge on any atom is 0.208 e. The third kappa shape index (κ3) is 1.96. The van der Waals surface area contributed by atoms with E-state index in [-0.39, 0.29) is 5.88 Å². The summed E-state index contributed by atoms with van der Waals surface area (Å²) in [5, 5.41) is 15.2. The van der Waals surface area contributed by atoms with Crippen LogP contribution in [0.25, 0.3) is 16.6 Å². The first kappa shape index (κ1) is 13.0. The van der Waals surface area contributed by atoms with Crippen LogP contribution in [0, 0.1) is 0 Å². The lowest BCUT2D eigenvalue weighted by atomic mass is 10.1. The smallest absolute Gasteiger partial charge is 0.208 e. The molecular weight excluding hydrogens is 274 g/mol. The summed E-state index contributed by atoms with van der Waals surface area (Å²) in [7, 11) is 0. The van der Waals surface area contributed by atoms with Crippen molar-refractivity contribution in [3.8, 4) is 11.6 Å². The van der Waals surface area contributed by atoms with Gasteiger partial charge >= 0.3 is 0 Å². The first-order chi connectivity index (χ1) is 10.9. The maximum atomic E-state index is 10.9. The van der Waals surface area contributed by atoms with Crippen molar-refractivity contribution in [2.45, 2.75) is 6.42 Å². The molecule has 1 aliphatic rings. The Kier molecular flexibility index (Phi) is 3.07. The molecule has 2 N–H and O–H groups in total. The third-order valence-corrected chi connectivity index (χ3v) is 4.00. The summed E-state index contributed by atoms with van der Waals surface area (Å²) >= 11 is 0. The number of rotatable bonds is 2. The van der Waals surface area contributed by atoms with E-state index in [1.807, 2.05) is 59.2 Å². The second kappa shape index (κ2) is 5.22. The van der Waals surface area contributed by atoms with Gasteiger partial charge in [0.25, 0.3) is 0 Å². The minimum Gasteiger partial charge on any atom is -0.494 e. The van der Waals surface area contributed by atoms with Crippen molar-refractivity contribution in [2.24, 2.45) is 4.99 Å². The summed E-state index contributed by atoms with van der Waals surface area (Å²) in [6, 6.07) is 17.9. The Balaban J connectivity index is 2.02. The van der Waals surface area contributed by atoms with Gasteiger partial charge in [-0.3, -0.25) is 9.56 Å².